The Kier molecular flexibility index (Phi) is 12.6. The summed E-state index contributed by atoms with van der Waals surface area (Å²) in [7, 11) is 0. The van der Waals surface area contributed by atoms with Gasteiger partial charge in [0.15, 0.2) is 0 Å². The maximum absolute atomic E-state index is 12.3. The van der Waals surface area contributed by atoms with E-state index in [-0.39, 0.29) is 30.0 Å². The zero-order valence-corrected chi connectivity index (χ0v) is 18.7. The number of aldehydes is 1. The van der Waals surface area contributed by atoms with Gasteiger partial charge in [-0.1, -0.05) is 96.8 Å². The number of ether oxygens (including phenoxy) is 2. The summed E-state index contributed by atoms with van der Waals surface area (Å²) in [6, 6.07) is 0. The molecule has 0 aromatic rings. The fourth-order valence-corrected chi connectivity index (χ4v) is 4.94. The van der Waals surface area contributed by atoms with Crippen molar-refractivity contribution in [2.45, 2.75) is 128 Å². The Morgan fingerprint density at radius 2 is 1.28 bits per heavy atom. The predicted octanol–water partition coefficient (Wildman–Crippen LogP) is 6.39. The fourth-order valence-electron chi connectivity index (χ4n) is 4.94. The zero-order valence-electron chi connectivity index (χ0n) is 18.7. The average Bonchev–Trinajstić information content (AvgIpc) is 3.34. The van der Waals surface area contributed by atoms with Crippen molar-refractivity contribution in [1.29, 1.82) is 0 Å². The molecule has 4 atom stereocenters. The van der Waals surface area contributed by atoms with Gasteiger partial charge in [-0.3, -0.25) is 4.79 Å². The van der Waals surface area contributed by atoms with Gasteiger partial charge < -0.3 is 14.3 Å². The third-order valence-electron chi connectivity index (χ3n) is 6.75. The molecule has 0 N–H and O–H groups in total. The van der Waals surface area contributed by atoms with E-state index in [0.717, 1.165) is 32.0 Å². The van der Waals surface area contributed by atoms with Gasteiger partial charge in [-0.05, 0) is 19.3 Å². The van der Waals surface area contributed by atoms with Crippen LogP contribution in [0.5, 0.6) is 0 Å². The number of hydrogen-bond acceptors (Lipinski definition) is 4. The number of carbonyl (C=O) groups is 2. The second-order valence-corrected chi connectivity index (χ2v) is 9.15. The molecule has 0 aromatic carbocycles. The van der Waals surface area contributed by atoms with Crippen molar-refractivity contribution in [3.05, 3.63) is 0 Å². The van der Waals surface area contributed by atoms with E-state index in [9.17, 15) is 9.59 Å². The van der Waals surface area contributed by atoms with E-state index in [0.29, 0.717) is 6.61 Å². The minimum Gasteiger partial charge on any atom is -0.465 e. The van der Waals surface area contributed by atoms with Gasteiger partial charge in [-0.2, -0.15) is 0 Å². The minimum absolute atomic E-state index is 0.0548. The monoisotopic (exact) mass is 408 g/mol. The van der Waals surface area contributed by atoms with E-state index in [2.05, 4.69) is 6.92 Å². The van der Waals surface area contributed by atoms with Gasteiger partial charge in [0.2, 0.25) is 0 Å². The van der Waals surface area contributed by atoms with Crippen LogP contribution in [0.3, 0.4) is 0 Å². The van der Waals surface area contributed by atoms with E-state index in [1.165, 1.54) is 83.5 Å². The van der Waals surface area contributed by atoms with E-state index in [4.69, 9.17) is 9.47 Å². The summed E-state index contributed by atoms with van der Waals surface area (Å²) in [6.07, 6.45) is 22.4. The highest BCUT2D eigenvalue weighted by Gasteiger charge is 2.52. The van der Waals surface area contributed by atoms with Gasteiger partial charge in [0.05, 0.1) is 30.7 Å². The second kappa shape index (κ2) is 15.0. The second-order valence-electron chi connectivity index (χ2n) is 9.15. The molecule has 168 valence electrons. The van der Waals surface area contributed by atoms with E-state index in [1.54, 1.807) is 0 Å². The number of unbranched alkanes of at least 4 members (excludes halogenated alkanes) is 14. The molecule has 2 rings (SSSR count). The van der Waals surface area contributed by atoms with Crippen molar-refractivity contribution in [3.8, 4) is 0 Å². The topological polar surface area (TPSA) is 52.6 Å². The normalized spacial score (nSPS) is 25.4. The Bertz CT molecular complexity index is 450. The lowest BCUT2D eigenvalue weighted by molar-refractivity contribution is -0.152. The van der Waals surface area contributed by atoms with Crippen LogP contribution < -0.4 is 0 Å². The highest BCUT2D eigenvalue weighted by molar-refractivity contribution is 5.78. The number of hydrogen-bond donors (Lipinski definition) is 0. The van der Waals surface area contributed by atoms with Crippen LogP contribution in [0.2, 0.25) is 0 Å². The van der Waals surface area contributed by atoms with Crippen LogP contribution in [-0.4, -0.2) is 31.1 Å². The number of rotatable bonds is 18. The maximum atomic E-state index is 12.3. The van der Waals surface area contributed by atoms with Gasteiger partial charge in [0, 0.05) is 0 Å². The van der Waals surface area contributed by atoms with Crippen molar-refractivity contribution in [1.82, 2.24) is 0 Å². The lowest BCUT2D eigenvalue weighted by Crippen LogP contribution is -2.35. The Hall–Kier alpha value is -0.900. The summed E-state index contributed by atoms with van der Waals surface area (Å²) in [4.78, 5) is 23.5. The molecule has 2 aliphatic rings. The molecule has 4 nitrogen and oxygen atoms in total. The van der Waals surface area contributed by atoms with Crippen molar-refractivity contribution >= 4 is 12.3 Å². The molecule has 0 spiro atoms. The first-order valence-electron chi connectivity index (χ1n) is 12.5. The molecule has 2 saturated heterocycles. The van der Waals surface area contributed by atoms with E-state index >= 15 is 0 Å². The first-order valence-corrected chi connectivity index (χ1v) is 12.5. The first-order chi connectivity index (χ1) is 14.3. The molecule has 4 unspecified atom stereocenters. The molecule has 2 fully saturated rings. The molecule has 0 amide bonds. The van der Waals surface area contributed by atoms with Crippen molar-refractivity contribution in [3.63, 3.8) is 0 Å². The molecular weight excluding hydrogens is 364 g/mol. The summed E-state index contributed by atoms with van der Waals surface area (Å²) in [6.45, 7) is 2.76. The summed E-state index contributed by atoms with van der Waals surface area (Å²) in [5.74, 6) is -0.871. The van der Waals surface area contributed by atoms with Crippen LogP contribution in [0.15, 0.2) is 0 Å². The number of carbonyl (C=O) groups excluding carboxylic acids is 2. The summed E-state index contributed by atoms with van der Waals surface area (Å²) in [5, 5.41) is 0. The standard InChI is InChI=1S/C25H44O4/c1-2-3-4-5-6-7-8-9-10-11-12-13-14-15-16-19-28-25(27)24-21(20-26)22-17-18-23(24)29-22/h20-24H,2-19H2,1H3. The third kappa shape index (κ3) is 8.78. The predicted molar refractivity (Wildman–Crippen MR) is 117 cm³/mol. The van der Waals surface area contributed by atoms with E-state index < -0.39 is 0 Å². The van der Waals surface area contributed by atoms with Crippen LogP contribution in [0, 0.1) is 11.8 Å². The zero-order chi connectivity index (χ0) is 20.7. The molecule has 0 radical (unpaired) electrons. The average molecular weight is 409 g/mol. The summed E-state index contributed by atoms with van der Waals surface area (Å²) < 4.78 is 11.2. The van der Waals surface area contributed by atoms with E-state index in [1.807, 2.05) is 0 Å². The Morgan fingerprint density at radius 1 is 0.793 bits per heavy atom. The smallest absolute Gasteiger partial charge is 0.312 e. The molecular formula is C25H44O4. The molecule has 2 bridgehead atoms. The van der Waals surface area contributed by atoms with Gasteiger partial charge in [-0.15, -0.1) is 0 Å². The minimum atomic E-state index is -0.359. The van der Waals surface area contributed by atoms with Gasteiger partial charge in [0.25, 0.3) is 0 Å². The molecule has 0 aliphatic carbocycles. The SMILES string of the molecule is CCCCCCCCCCCCCCCCCOC(=O)C1C2CCC(O2)C1C=O. The van der Waals surface area contributed by atoms with Crippen LogP contribution in [0.4, 0.5) is 0 Å². The molecule has 4 heteroatoms. The lowest BCUT2D eigenvalue weighted by atomic mass is 9.80. The quantitative estimate of drug-likeness (QED) is 0.150. The van der Waals surface area contributed by atoms with Crippen molar-refractivity contribution in [2.75, 3.05) is 6.61 Å². The first kappa shape index (κ1) is 24.4. The van der Waals surface area contributed by atoms with Gasteiger partial charge >= 0.3 is 5.97 Å². The molecule has 2 heterocycles. The number of fused-ring (bicyclic) bond motifs is 2. The summed E-state index contributed by atoms with van der Waals surface area (Å²) >= 11 is 0. The third-order valence-corrected chi connectivity index (χ3v) is 6.75. The fraction of sp³-hybridized carbons (Fsp3) is 0.920. The Labute approximate surface area is 178 Å². The molecule has 0 saturated carbocycles. The molecule has 29 heavy (non-hydrogen) atoms. The Morgan fingerprint density at radius 3 is 1.79 bits per heavy atom. The van der Waals surface area contributed by atoms with Crippen LogP contribution in [-0.2, 0) is 19.1 Å². The molecule has 0 aromatic heterocycles. The van der Waals surface area contributed by atoms with Crippen LogP contribution in [0.25, 0.3) is 0 Å². The maximum Gasteiger partial charge on any atom is 0.312 e. The van der Waals surface area contributed by atoms with Crippen LogP contribution >= 0.6 is 0 Å². The molecule has 2 aliphatic heterocycles. The van der Waals surface area contributed by atoms with Gasteiger partial charge in [-0.25, -0.2) is 0 Å². The van der Waals surface area contributed by atoms with Gasteiger partial charge in [0.1, 0.15) is 6.29 Å². The van der Waals surface area contributed by atoms with Crippen molar-refractivity contribution in [2.24, 2.45) is 11.8 Å². The number of esters is 1. The summed E-state index contributed by atoms with van der Waals surface area (Å²) in [5.41, 5.74) is 0. The Balaban J connectivity index is 1.33. The van der Waals surface area contributed by atoms with Crippen molar-refractivity contribution < 1.29 is 19.1 Å². The lowest BCUT2D eigenvalue weighted by Gasteiger charge is -2.22. The van der Waals surface area contributed by atoms with Crippen LogP contribution in [0.1, 0.15) is 116 Å². The largest absolute Gasteiger partial charge is 0.465 e. The highest BCUT2D eigenvalue weighted by Crippen LogP contribution is 2.43. The highest BCUT2D eigenvalue weighted by atomic mass is 16.5.